The Hall–Kier alpha value is -3.81. The van der Waals surface area contributed by atoms with Crippen LogP contribution in [0.1, 0.15) is 37.6 Å². The molecule has 32 heavy (non-hydrogen) atoms. The Balaban J connectivity index is 1.61. The number of aromatic nitrogens is 7. The molecule has 2 aromatic heterocycles. The number of hydrogen-bond acceptors (Lipinski definition) is 5. The second-order valence-electron chi connectivity index (χ2n) is 7.68. The molecule has 0 aliphatic carbocycles. The molecule has 8 nitrogen and oxygen atoms in total. The van der Waals surface area contributed by atoms with Crippen molar-refractivity contribution in [3.8, 4) is 22.5 Å². The lowest BCUT2D eigenvalue weighted by atomic mass is 9.98. The third-order valence-electron chi connectivity index (χ3n) is 5.43. The van der Waals surface area contributed by atoms with Crippen LogP contribution in [0.15, 0.2) is 66.0 Å². The minimum atomic E-state index is -0.0646. The van der Waals surface area contributed by atoms with E-state index in [1.54, 1.807) is 9.25 Å². The quantitative estimate of drug-likeness (QED) is 0.386. The zero-order chi connectivity index (χ0) is 22.3. The van der Waals surface area contributed by atoms with Crippen molar-refractivity contribution in [3.63, 3.8) is 0 Å². The van der Waals surface area contributed by atoms with Gasteiger partial charge in [0.05, 0.1) is 6.54 Å². The first-order valence-corrected chi connectivity index (χ1v) is 10.9. The Morgan fingerprint density at radius 1 is 1.09 bits per heavy atom. The molecule has 4 aromatic rings. The summed E-state index contributed by atoms with van der Waals surface area (Å²) in [4.78, 5) is 12.9. The van der Waals surface area contributed by atoms with Crippen LogP contribution in [-0.2, 0) is 19.5 Å². The Bertz CT molecular complexity index is 1220. The largest absolute Gasteiger partial charge is 0.346 e. The first kappa shape index (κ1) is 21.4. The highest BCUT2D eigenvalue weighted by atomic mass is 16.2. The summed E-state index contributed by atoms with van der Waals surface area (Å²) in [6.45, 7) is 6.94. The molecule has 0 spiro atoms. The van der Waals surface area contributed by atoms with Crippen molar-refractivity contribution in [3.05, 3.63) is 83.1 Å². The third kappa shape index (κ3) is 4.59. The highest BCUT2D eigenvalue weighted by Crippen LogP contribution is 2.29. The molecule has 0 unspecified atom stereocenters. The van der Waals surface area contributed by atoms with Gasteiger partial charge in [0.1, 0.15) is 5.82 Å². The number of tetrazole rings is 1. The van der Waals surface area contributed by atoms with Gasteiger partial charge in [-0.05, 0) is 40.0 Å². The van der Waals surface area contributed by atoms with E-state index in [9.17, 15) is 4.79 Å². The topological polar surface area (TPSA) is 94.3 Å². The Morgan fingerprint density at radius 2 is 1.88 bits per heavy atom. The zero-order valence-corrected chi connectivity index (χ0v) is 18.2. The summed E-state index contributed by atoms with van der Waals surface area (Å²) in [5.74, 6) is 1.47. The number of hydrogen-bond donors (Lipinski definition) is 1. The van der Waals surface area contributed by atoms with Gasteiger partial charge in [-0.15, -0.1) is 11.7 Å². The zero-order valence-electron chi connectivity index (χ0n) is 18.2. The normalized spacial score (nSPS) is 11.0. The molecule has 0 saturated heterocycles. The van der Waals surface area contributed by atoms with Crippen LogP contribution < -0.4 is 5.69 Å². The Kier molecular flexibility index (Phi) is 6.69. The second kappa shape index (κ2) is 10.00. The molecule has 4 rings (SSSR count). The average Bonchev–Trinajstić information content (AvgIpc) is 3.46. The van der Waals surface area contributed by atoms with Crippen molar-refractivity contribution < 1.29 is 0 Å². The van der Waals surface area contributed by atoms with Crippen LogP contribution in [0, 0.1) is 0 Å². The monoisotopic (exact) mass is 429 g/mol. The second-order valence-corrected chi connectivity index (χ2v) is 7.68. The maximum Gasteiger partial charge on any atom is 0.346 e. The van der Waals surface area contributed by atoms with E-state index in [1.807, 2.05) is 30.3 Å². The van der Waals surface area contributed by atoms with E-state index in [1.165, 1.54) is 0 Å². The van der Waals surface area contributed by atoms with Gasteiger partial charge in [-0.25, -0.2) is 14.6 Å². The number of allylic oxidation sites excluding steroid dienone is 1. The highest BCUT2D eigenvalue weighted by Gasteiger charge is 2.14. The van der Waals surface area contributed by atoms with Gasteiger partial charge in [0.15, 0.2) is 5.82 Å². The van der Waals surface area contributed by atoms with Gasteiger partial charge in [-0.3, -0.25) is 4.57 Å². The lowest BCUT2D eigenvalue weighted by Crippen LogP contribution is -2.26. The third-order valence-corrected chi connectivity index (χ3v) is 5.43. The summed E-state index contributed by atoms with van der Waals surface area (Å²) in [5, 5.41) is 18.8. The molecule has 2 aromatic carbocycles. The SMILES string of the molecule is C=CCCn1nc(CCCC)n(Cc2ccc(-c3ccccc3-c3nnn[nH]3)cc2)c1=O. The van der Waals surface area contributed by atoms with E-state index in [0.29, 0.717) is 18.9 Å². The molecule has 0 radical (unpaired) electrons. The standard InChI is InChI=1S/C24H27N7O/c1-3-5-11-22-27-31(16-6-4-2)24(32)30(22)17-18-12-14-19(15-13-18)20-9-7-8-10-21(20)23-25-28-29-26-23/h4,7-10,12-15H,2-3,5-6,11,16-17H2,1H3,(H,25,26,28,29). The van der Waals surface area contributed by atoms with Crippen LogP contribution in [0.3, 0.4) is 0 Å². The molecule has 0 bridgehead atoms. The van der Waals surface area contributed by atoms with Crippen molar-refractivity contribution in [2.75, 3.05) is 0 Å². The lowest BCUT2D eigenvalue weighted by molar-refractivity contribution is 0.586. The molecule has 2 heterocycles. The Morgan fingerprint density at radius 3 is 2.56 bits per heavy atom. The average molecular weight is 430 g/mol. The number of nitrogens with one attached hydrogen (secondary N) is 1. The summed E-state index contributed by atoms with van der Waals surface area (Å²) in [7, 11) is 0. The molecule has 0 aliphatic heterocycles. The minimum Gasteiger partial charge on any atom is -0.274 e. The summed E-state index contributed by atoms with van der Waals surface area (Å²) in [6.07, 6.45) is 5.39. The van der Waals surface area contributed by atoms with Gasteiger partial charge in [0, 0.05) is 18.5 Å². The van der Waals surface area contributed by atoms with Crippen LogP contribution in [0.4, 0.5) is 0 Å². The first-order valence-electron chi connectivity index (χ1n) is 10.9. The van der Waals surface area contributed by atoms with Gasteiger partial charge in [0.25, 0.3) is 0 Å². The number of rotatable bonds is 10. The van der Waals surface area contributed by atoms with Gasteiger partial charge >= 0.3 is 5.69 Å². The summed E-state index contributed by atoms with van der Waals surface area (Å²) >= 11 is 0. The smallest absolute Gasteiger partial charge is 0.274 e. The van der Waals surface area contributed by atoms with Crippen molar-refractivity contribution in [2.45, 2.75) is 45.7 Å². The van der Waals surface area contributed by atoms with E-state index >= 15 is 0 Å². The predicted molar refractivity (Wildman–Crippen MR) is 124 cm³/mol. The van der Waals surface area contributed by atoms with Crippen molar-refractivity contribution in [2.24, 2.45) is 0 Å². The minimum absolute atomic E-state index is 0.0646. The van der Waals surface area contributed by atoms with E-state index in [-0.39, 0.29) is 5.69 Å². The summed E-state index contributed by atoms with van der Waals surface area (Å²) < 4.78 is 3.35. The van der Waals surface area contributed by atoms with Crippen LogP contribution in [0.25, 0.3) is 22.5 Å². The lowest BCUT2D eigenvalue weighted by Gasteiger charge is -2.09. The molecule has 164 valence electrons. The molecule has 0 aliphatic rings. The molecular formula is C24H27N7O. The fraction of sp³-hybridized carbons (Fsp3) is 0.292. The van der Waals surface area contributed by atoms with Crippen LogP contribution in [0.5, 0.6) is 0 Å². The number of nitrogens with zero attached hydrogens (tertiary/aromatic N) is 6. The van der Waals surface area contributed by atoms with Gasteiger partial charge in [-0.2, -0.15) is 5.10 Å². The number of aryl methyl sites for hydroxylation is 2. The van der Waals surface area contributed by atoms with E-state index in [2.05, 4.69) is 63.5 Å². The van der Waals surface area contributed by atoms with Crippen LogP contribution >= 0.6 is 0 Å². The highest BCUT2D eigenvalue weighted by molar-refractivity contribution is 5.80. The fourth-order valence-electron chi connectivity index (χ4n) is 3.71. The Labute approximate surface area is 186 Å². The van der Waals surface area contributed by atoms with Crippen LogP contribution in [0.2, 0.25) is 0 Å². The van der Waals surface area contributed by atoms with Crippen molar-refractivity contribution in [1.82, 2.24) is 35.0 Å². The van der Waals surface area contributed by atoms with Crippen LogP contribution in [-0.4, -0.2) is 35.0 Å². The summed E-state index contributed by atoms with van der Waals surface area (Å²) in [6, 6.07) is 16.2. The van der Waals surface area contributed by atoms with Crippen molar-refractivity contribution >= 4 is 0 Å². The molecule has 1 N–H and O–H groups in total. The first-order chi connectivity index (χ1) is 15.7. The fourth-order valence-corrected chi connectivity index (χ4v) is 3.71. The molecular weight excluding hydrogens is 402 g/mol. The number of aromatic amines is 1. The number of unbranched alkanes of at least 4 members (excludes halogenated alkanes) is 1. The molecule has 0 amide bonds. The van der Waals surface area contributed by atoms with Crippen molar-refractivity contribution in [1.29, 1.82) is 0 Å². The predicted octanol–water partition coefficient (Wildman–Crippen LogP) is 3.86. The maximum atomic E-state index is 12.9. The molecule has 0 fully saturated rings. The van der Waals surface area contributed by atoms with E-state index < -0.39 is 0 Å². The number of H-pyrrole nitrogens is 1. The molecule has 8 heteroatoms. The molecule has 0 atom stereocenters. The van der Waals surface area contributed by atoms with E-state index in [4.69, 9.17) is 0 Å². The van der Waals surface area contributed by atoms with Gasteiger partial charge in [0.2, 0.25) is 0 Å². The van der Waals surface area contributed by atoms with E-state index in [0.717, 1.165) is 53.8 Å². The summed E-state index contributed by atoms with van der Waals surface area (Å²) in [5.41, 5.74) is 4.02. The van der Waals surface area contributed by atoms with Gasteiger partial charge in [-0.1, -0.05) is 68.0 Å². The maximum absolute atomic E-state index is 12.9. The molecule has 0 saturated carbocycles. The number of benzene rings is 2. The van der Waals surface area contributed by atoms with Gasteiger partial charge < -0.3 is 0 Å².